The molecule has 3 N–H and O–H groups in total. The molecular formula is C20H25NO5S2. The molecule has 2 aromatic rings. The second kappa shape index (κ2) is 7.68. The Hall–Kier alpha value is -1.58. The summed E-state index contributed by atoms with van der Waals surface area (Å²) in [5.41, 5.74) is 0.398. The molecule has 0 spiro atoms. The third-order valence-corrected chi connectivity index (χ3v) is 9.55. The van der Waals surface area contributed by atoms with Crippen LogP contribution in [0.15, 0.2) is 58.3 Å². The van der Waals surface area contributed by atoms with E-state index in [0.717, 1.165) is 25.9 Å². The van der Waals surface area contributed by atoms with Crippen molar-refractivity contribution in [2.75, 3.05) is 25.4 Å². The predicted octanol–water partition coefficient (Wildman–Crippen LogP) is 3.70. The maximum atomic E-state index is 13.3. The first-order chi connectivity index (χ1) is 13.4. The SMILES string of the molecule is O=S(=O)(c1ccccc1)C1CS(O)(O)c2cccc(OCC3CCCNC3)c21. The van der Waals surface area contributed by atoms with E-state index in [2.05, 4.69) is 5.32 Å². The van der Waals surface area contributed by atoms with Crippen LogP contribution in [0.4, 0.5) is 0 Å². The fraction of sp³-hybridized carbons (Fsp3) is 0.400. The third-order valence-electron chi connectivity index (χ3n) is 5.40. The molecule has 8 heteroatoms. The molecule has 0 radical (unpaired) electrons. The van der Waals surface area contributed by atoms with Crippen molar-refractivity contribution in [3.63, 3.8) is 0 Å². The van der Waals surface area contributed by atoms with Crippen molar-refractivity contribution >= 4 is 20.4 Å². The smallest absolute Gasteiger partial charge is 0.187 e. The number of fused-ring (bicyclic) bond motifs is 1. The van der Waals surface area contributed by atoms with E-state index in [-0.39, 0.29) is 15.5 Å². The van der Waals surface area contributed by atoms with Crippen LogP contribution in [0.5, 0.6) is 5.75 Å². The van der Waals surface area contributed by atoms with Gasteiger partial charge in [-0.25, -0.2) is 8.42 Å². The first-order valence-electron chi connectivity index (χ1n) is 9.41. The summed E-state index contributed by atoms with van der Waals surface area (Å²) in [6, 6.07) is 13.2. The number of hydrogen-bond donors (Lipinski definition) is 3. The van der Waals surface area contributed by atoms with Crippen molar-refractivity contribution in [1.29, 1.82) is 0 Å². The van der Waals surface area contributed by atoms with Gasteiger partial charge in [0.25, 0.3) is 0 Å². The zero-order valence-corrected chi connectivity index (χ0v) is 17.1. The Bertz CT molecular complexity index is 940. The molecule has 1 fully saturated rings. The Morgan fingerprint density at radius 2 is 1.89 bits per heavy atom. The topological polar surface area (TPSA) is 95.9 Å². The molecule has 6 nitrogen and oxygen atoms in total. The highest BCUT2D eigenvalue weighted by atomic mass is 32.3. The van der Waals surface area contributed by atoms with Crippen LogP contribution in [-0.4, -0.2) is 43.0 Å². The van der Waals surface area contributed by atoms with E-state index < -0.39 is 25.7 Å². The van der Waals surface area contributed by atoms with Gasteiger partial charge in [0, 0.05) is 18.0 Å². The van der Waals surface area contributed by atoms with Gasteiger partial charge in [-0.1, -0.05) is 24.3 Å². The number of ether oxygens (including phenoxy) is 1. The van der Waals surface area contributed by atoms with Crippen molar-refractivity contribution in [3.05, 3.63) is 54.1 Å². The van der Waals surface area contributed by atoms with Crippen molar-refractivity contribution in [2.45, 2.75) is 27.9 Å². The maximum absolute atomic E-state index is 13.3. The predicted molar refractivity (Wildman–Crippen MR) is 110 cm³/mol. The molecule has 28 heavy (non-hydrogen) atoms. The minimum absolute atomic E-state index is 0.175. The van der Waals surface area contributed by atoms with Gasteiger partial charge in [-0.2, -0.15) is 10.6 Å². The molecule has 0 bridgehead atoms. The standard InChI is InChI=1S/C20H25NO5S2/c22-27(23)14-19(28(24,25)16-7-2-1-3-8-16)20-17(9-4-10-18(20)27)26-13-15-6-5-11-21-12-15/h1-4,7-10,15,19,21-23H,5-6,11-14H2. The summed E-state index contributed by atoms with van der Waals surface area (Å²) in [6.07, 6.45) is 2.15. The number of nitrogens with one attached hydrogen (secondary N) is 1. The number of piperidine rings is 1. The van der Waals surface area contributed by atoms with Crippen LogP contribution in [0.2, 0.25) is 0 Å². The fourth-order valence-corrected chi connectivity index (χ4v) is 8.37. The molecule has 0 aliphatic carbocycles. The zero-order chi connectivity index (χ0) is 19.8. The largest absolute Gasteiger partial charge is 0.493 e. The van der Waals surface area contributed by atoms with Gasteiger partial charge in [0.05, 0.1) is 22.2 Å². The normalized spacial score (nSPS) is 25.1. The molecule has 2 atom stereocenters. The first kappa shape index (κ1) is 19.7. The molecule has 152 valence electrons. The van der Waals surface area contributed by atoms with E-state index in [0.29, 0.717) is 23.8 Å². The average Bonchev–Trinajstić information content (AvgIpc) is 3.00. The Labute approximate surface area is 167 Å². The average molecular weight is 424 g/mol. The minimum Gasteiger partial charge on any atom is -0.493 e. The summed E-state index contributed by atoms with van der Waals surface area (Å²) in [7, 11) is -6.96. The maximum Gasteiger partial charge on any atom is 0.187 e. The number of sulfone groups is 1. The van der Waals surface area contributed by atoms with Gasteiger partial charge in [-0.05, 0) is 43.7 Å². The zero-order valence-electron chi connectivity index (χ0n) is 15.5. The van der Waals surface area contributed by atoms with Gasteiger partial charge in [0.1, 0.15) is 11.0 Å². The van der Waals surface area contributed by atoms with Crippen LogP contribution in [0.25, 0.3) is 0 Å². The Kier molecular flexibility index (Phi) is 5.41. The van der Waals surface area contributed by atoms with Gasteiger partial charge in [-0.15, -0.1) is 0 Å². The van der Waals surface area contributed by atoms with Crippen LogP contribution >= 0.6 is 10.6 Å². The molecule has 0 saturated carbocycles. The lowest BCUT2D eigenvalue weighted by Crippen LogP contribution is -2.33. The van der Waals surface area contributed by atoms with E-state index in [4.69, 9.17) is 4.74 Å². The Morgan fingerprint density at radius 1 is 1.11 bits per heavy atom. The summed E-state index contributed by atoms with van der Waals surface area (Å²) < 4.78 is 53.7. The van der Waals surface area contributed by atoms with Crippen molar-refractivity contribution in [3.8, 4) is 5.75 Å². The van der Waals surface area contributed by atoms with Gasteiger partial charge in [0.2, 0.25) is 0 Å². The molecule has 2 aliphatic heterocycles. The quantitative estimate of drug-likeness (QED) is 0.679. The lowest BCUT2D eigenvalue weighted by atomic mass is 10.0. The highest BCUT2D eigenvalue weighted by molar-refractivity contribution is 8.25. The lowest BCUT2D eigenvalue weighted by molar-refractivity contribution is 0.216. The molecule has 0 amide bonds. The van der Waals surface area contributed by atoms with E-state index in [1.165, 1.54) is 12.1 Å². The molecule has 2 aliphatic rings. The van der Waals surface area contributed by atoms with Gasteiger partial charge in [-0.3, -0.25) is 9.11 Å². The summed E-state index contributed by atoms with van der Waals surface area (Å²) in [5, 5.41) is 2.31. The summed E-state index contributed by atoms with van der Waals surface area (Å²) in [4.78, 5) is 0.464. The van der Waals surface area contributed by atoms with Crippen LogP contribution in [0.3, 0.4) is 0 Å². The number of hydrogen-bond acceptors (Lipinski definition) is 6. The molecule has 0 aromatic heterocycles. The molecule has 2 aromatic carbocycles. The van der Waals surface area contributed by atoms with E-state index in [1.807, 2.05) is 0 Å². The Morgan fingerprint density at radius 3 is 2.61 bits per heavy atom. The van der Waals surface area contributed by atoms with E-state index in [9.17, 15) is 17.5 Å². The molecule has 1 saturated heterocycles. The van der Waals surface area contributed by atoms with Crippen LogP contribution < -0.4 is 10.1 Å². The molecule has 2 heterocycles. The molecule has 4 rings (SSSR count). The fourth-order valence-electron chi connectivity index (χ4n) is 3.93. The lowest BCUT2D eigenvalue weighted by Gasteiger charge is -2.27. The monoisotopic (exact) mass is 423 g/mol. The second-order valence-electron chi connectivity index (χ2n) is 7.37. The Balaban J connectivity index is 1.69. The highest BCUT2D eigenvalue weighted by Gasteiger charge is 2.45. The van der Waals surface area contributed by atoms with Crippen molar-refractivity contribution in [1.82, 2.24) is 5.32 Å². The van der Waals surface area contributed by atoms with E-state index >= 15 is 0 Å². The summed E-state index contributed by atoms with van der Waals surface area (Å²) >= 11 is 0. The van der Waals surface area contributed by atoms with Crippen molar-refractivity contribution in [2.24, 2.45) is 5.92 Å². The molecule has 2 unspecified atom stereocenters. The van der Waals surface area contributed by atoms with Gasteiger partial charge < -0.3 is 10.1 Å². The summed E-state index contributed by atoms with van der Waals surface area (Å²) in [6.45, 7) is 2.35. The van der Waals surface area contributed by atoms with Gasteiger partial charge >= 0.3 is 0 Å². The highest BCUT2D eigenvalue weighted by Crippen LogP contribution is 2.63. The van der Waals surface area contributed by atoms with Gasteiger partial charge in [0.15, 0.2) is 9.84 Å². The number of rotatable bonds is 5. The first-order valence-corrected chi connectivity index (χ1v) is 12.7. The molecular weight excluding hydrogens is 398 g/mol. The van der Waals surface area contributed by atoms with Crippen molar-refractivity contribution < 1.29 is 22.3 Å². The van der Waals surface area contributed by atoms with Crippen LogP contribution in [0.1, 0.15) is 23.7 Å². The van der Waals surface area contributed by atoms with Crippen LogP contribution in [0, 0.1) is 5.92 Å². The third kappa shape index (κ3) is 3.67. The second-order valence-corrected chi connectivity index (χ2v) is 11.6. The number of benzene rings is 2. The summed E-state index contributed by atoms with van der Waals surface area (Å²) in [5.74, 6) is 0.561. The minimum atomic E-state index is -3.78. The van der Waals surface area contributed by atoms with Crippen LogP contribution in [-0.2, 0) is 9.84 Å². The van der Waals surface area contributed by atoms with E-state index in [1.54, 1.807) is 36.4 Å².